The maximum Gasteiger partial charge on any atom is 0.407 e. The van der Waals surface area contributed by atoms with Crippen molar-refractivity contribution in [2.75, 3.05) is 19.7 Å². The van der Waals surface area contributed by atoms with E-state index in [4.69, 9.17) is 4.74 Å². The first-order valence-corrected chi connectivity index (χ1v) is 12.2. The SMILES string of the molecule is CC(C)(C)CC(CC(=O)N1CCC(C(=O)O)C1)NC(=O)OCC1c2ccccc2-c2ccccc21. The standard InChI is InChI=1S/C28H34N2O5/c1-28(2,3)15-19(14-25(31)30-13-12-18(16-30)26(32)33)29-27(34)35-17-24-22-10-6-4-8-20(22)21-9-5-7-11-23(21)24/h4-11,18-19,24H,12-17H2,1-3H3,(H,29,34)(H,32,33). The van der Waals surface area contributed by atoms with Gasteiger partial charge in [0, 0.05) is 31.5 Å². The largest absolute Gasteiger partial charge is 0.481 e. The second-order valence-corrected chi connectivity index (χ2v) is 10.8. The first-order valence-electron chi connectivity index (χ1n) is 12.2. The molecule has 7 nitrogen and oxygen atoms in total. The van der Waals surface area contributed by atoms with Gasteiger partial charge in [-0.05, 0) is 40.5 Å². The van der Waals surface area contributed by atoms with Crippen molar-refractivity contribution in [2.24, 2.45) is 11.3 Å². The zero-order valence-electron chi connectivity index (χ0n) is 20.6. The van der Waals surface area contributed by atoms with Gasteiger partial charge in [0.1, 0.15) is 6.61 Å². The number of fused-ring (bicyclic) bond motifs is 3. The Kier molecular flexibility index (Phi) is 7.15. The highest BCUT2D eigenvalue weighted by Gasteiger charge is 2.33. The molecule has 0 spiro atoms. The number of ether oxygens (including phenoxy) is 1. The number of likely N-dealkylation sites (tertiary alicyclic amines) is 1. The molecule has 2 N–H and O–H groups in total. The van der Waals surface area contributed by atoms with Crippen molar-refractivity contribution in [3.05, 3.63) is 59.7 Å². The summed E-state index contributed by atoms with van der Waals surface area (Å²) >= 11 is 0. The monoisotopic (exact) mass is 478 g/mol. The molecule has 0 aromatic heterocycles. The normalized spacial score (nSPS) is 18.0. The smallest absolute Gasteiger partial charge is 0.407 e. The molecule has 7 heteroatoms. The number of aliphatic carboxylic acids is 1. The summed E-state index contributed by atoms with van der Waals surface area (Å²) < 4.78 is 5.69. The molecule has 0 bridgehead atoms. The zero-order valence-corrected chi connectivity index (χ0v) is 20.6. The molecule has 2 unspecified atom stereocenters. The van der Waals surface area contributed by atoms with Crippen molar-refractivity contribution in [3.63, 3.8) is 0 Å². The number of nitrogens with one attached hydrogen (secondary N) is 1. The average Bonchev–Trinajstić information content (AvgIpc) is 3.41. The van der Waals surface area contributed by atoms with Crippen molar-refractivity contribution >= 4 is 18.0 Å². The van der Waals surface area contributed by atoms with Crippen LogP contribution in [0.1, 0.15) is 57.1 Å². The van der Waals surface area contributed by atoms with E-state index in [2.05, 4.69) is 50.4 Å². The molecule has 1 aliphatic heterocycles. The summed E-state index contributed by atoms with van der Waals surface area (Å²) in [4.78, 5) is 38.5. The van der Waals surface area contributed by atoms with Gasteiger partial charge in [0.15, 0.2) is 0 Å². The average molecular weight is 479 g/mol. The van der Waals surface area contributed by atoms with Gasteiger partial charge < -0.3 is 20.1 Å². The molecular formula is C28H34N2O5. The molecule has 1 aliphatic carbocycles. The molecular weight excluding hydrogens is 444 g/mol. The fraction of sp³-hybridized carbons (Fsp3) is 0.464. The van der Waals surface area contributed by atoms with Crippen LogP contribution in [0.25, 0.3) is 11.1 Å². The van der Waals surface area contributed by atoms with E-state index in [1.807, 2.05) is 24.3 Å². The van der Waals surface area contributed by atoms with Crippen LogP contribution in [0, 0.1) is 11.3 Å². The number of amides is 2. The van der Waals surface area contributed by atoms with Gasteiger partial charge in [0.25, 0.3) is 0 Å². The quantitative estimate of drug-likeness (QED) is 0.604. The summed E-state index contributed by atoms with van der Waals surface area (Å²) in [7, 11) is 0. The summed E-state index contributed by atoms with van der Waals surface area (Å²) in [6.07, 6.45) is 0.636. The summed E-state index contributed by atoms with van der Waals surface area (Å²) in [5.74, 6) is -1.56. The predicted molar refractivity (Wildman–Crippen MR) is 133 cm³/mol. The van der Waals surface area contributed by atoms with Crippen LogP contribution in [0.2, 0.25) is 0 Å². The van der Waals surface area contributed by atoms with E-state index in [1.165, 1.54) is 11.1 Å². The summed E-state index contributed by atoms with van der Waals surface area (Å²) in [6, 6.07) is 15.9. The van der Waals surface area contributed by atoms with E-state index in [-0.39, 0.29) is 36.8 Å². The first-order chi connectivity index (χ1) is 16.6. The molecule has 2 atom stereocenters. The molecule has 186 valence electrons. The van der Waals surface area contributed by atoms with Gasteiger partial charge in [-0.1, -0.05) is 69.3 Å². The molecule has 1 fully saturated rings. The van der Waals surface area contributed by atoms with Crippen LogP contribution >= 0.6 is 0 Å². The van der Waals surface area contributed by atoms with Crippen LogP contribution in [0.15, 0.2) is 48.5 Å². The van der Waals surface area contributed by atoms with Gasteiger partial charge in [-0.15, -0.1) is 0 Å². The molecule has 0 saturated carbocycles. The Balaban J connectivity index is 1.39. The van der Waals surface area contributed by atoms with E-state index in [0.29, 0.717) is 19.4 Å². The second kappa shape index (κ2) is 10.1. The summed E-state index contributed by atoms with van der Waals surface area (Å²) in [5.41, 5.74) is 4.50. The van der Waals surface area contributed by atoms with E-state index >= 15 is 0 Å². The molecule has 1 saturated heterocycles. The van der Waals surface area contributed by atoms with Crippen LogP contribution in [0.3, 0.4) is 0 Å². The Morgan fingerprint density at radius 3 is 2.20 bits per heavy atom. The minimum absolute atomic E-state index is 0.0339. The van der Waals surface area contributed by atoms with Gasteiger partial charge in [-0.3, -0.25) is 9.59 Å². The maximum absolute atomic E-state index is 12.9. The number of carboxylic acids is 1. The van der Waals surface area contributed by atoms with Crippen molar-refractivity contribution in [2.45, 2.75) is 52.0 Å². The summed E-state index contributed by atoms with van der Waals surface area (Å²) in [6.45, 7) is 7.04. The lowest BCUT2D eigenvalue weighted by molar-refractivity contribution is -0.141. The van der Waals surface area contributed by atoms with E-state index < -0.39 is 24.0 Å². The van der Waals surface area contributed by atoms with E-state index in [9.17, 15) is 19.5 Å². The number of nitrogens with zero attached hydrogens (tertiary/aromatic N) is 1. The Hall–Kier alpha value is -3.35. The Bertz CT molecular complexity index is 1060. The number of carbonyl (C=O) groups excluding carboxylic acids is 2. The minimum atomic E-state index is -0.872. The first kappa shape index (κ1) is 24.8. The molecule has 1 heterocycles. The van der Waals surface area contributed by atoms with Crippen LogP contribution in [0.4, 0.5) is 4.79 Å². The number of benzene rings is 2. The molecule has 2 aromatic rings. The second-order valence-electron chi connectivity index (χ2n) is 10.8. The molecule has 2 aromatic carbocycles. The van der Waals surface area contributed by atoms with Gasteiger partial charge in [0.05, 0.1) is 5.92 Å². The van der Waals surface area contributed by atoms with E-state index in [1.54, 1.807) is 4.90 Å². The third kappa shape index (κ3) is 5.84. The van der Waals surface area contributed by atoms with Crippen LogP contribution in [0.5, 0.6) is 0 Å². The Morgan fingerprint density at radius 1 is 1.06 bits per heavy atom. The zero-order chi connectivity index (χ0) is 25.2. The molecule has 0 radical (unpaired) electrons. The molecule has 2 aliphatic rings. The lowest BCUT2D eigenvalue weighted by Crippen LogP contribution is -2.42. The fourth-order valence-corrected chi connectivity index (χ4v) is 5.25. The highest BCUT2D eigenvalue weighted by atomic mass is 16.5. The highest BCUT2D eigenvalue weighted by molar-refractivity contribution is 5.80. The molecule has 35 heavy (non-hydrogen) atoms. The van der Waals surface area contributed by atoms with Gasteiger partial charge in [0.2, 0.25) is 5.91 Å². The number of carbonyl (C=O) groups is 3. The van der Waals surface area contributed by atoms with Crippen LogP contribution < -0.4 is 5.32 Å². The minimum Gasteiger partial charge on any atom is -0.481 e. The van der Waals surface area contributed by atoms with Gasteiger partial charge in [-0.25, -0.2) is 4.79 Å². The Morgan fingerprint density at radius 2 is 1.66 bits per heavy atom. The highest BCUT2D eigenvalue weighted by Crippen LogP contribution is 2.44. The van der Waals surface area contributed by atoms with Crippen molar-refractivity contribution in [1.29, 1.82) is 0 Å². The van der Waals surface area contributed by atoms with Crippen molar-refractivity contribution in [3.8, 4) is 11.1 Å². The number of hydrogen-bond acceptors (Lipinski definition) is 4. The third-order valence-electron chi connectivity index (χ3n) is 6.84. The Labute approximate surface area is 206 Å². The number of carboxylic acid groups (broad SMARTS) is 1. The fourth-order valence-electron chi connectivity index (χ4n) is 5.25. The van der Waals surface area contributed by atoms with Crippen LogP contribution in [-0.4, -0.2) is 53.7 Å². The van der Waals surface area contributed by atoms with Crippen molar-refractivity contribution < 1.29 is 24.2 Å². The van der Waals surface area contributed by atoms with Crippen molar-refractivity contribution in [1.82, 2.24) is 10.2 Å². The third-order valence-corrected chi connectivity index (χ3v) is 6.84. The lowest BCUT2D eigenvalue weighted by Gasteiger charge is -2.28. The lowest BCUT2D eigenvalue weighted by atomic mass is 9.87. The van der Waals surface area contributed by atoms with Crippen LogP contribution in [-0.2, 0) is 14.3 Å². The predicted octanol–water partition coefficient (Wildman–Crippen LogP) is 4.65. The number of hydrogen-bond donors (Lipinski definition) is 2. The number of rotatable bonds is 7. The van der Waals surface area contributed by atoms with E-state index in [0.717, 1.165) is 11.1 Å². The van der Waals surface area contributed by atoms with Gasteiger partial charge in [-0.2, -0.15) is 0 Å². The van der Waals surface area contributed by atoms with Gasteiger partial charge >= 0.3 is 12.1 Å². The topological polar surface area (TPSA) is 95.9 Å². The number of alkyl carbamates (subject to hydrolysis) is 1. The molecule has 2 amide bonds. The molecule has 4 rings (SSSR count). The summed E-state index contributed by atoms with van der Waals surface area (Å²) in [5, 5.41) is 12.1. The maximum atomic E-state index is 12.9.